The molecule has 0 aliphatic carbocycles. The van der Waals surface area contributed by atoms with Crippen LogP contribution >= 0.6 is 0 Å². The number of carbonyl (C=O) groups excluding carboxylic acids is 1. The van der Waals surface area contributed by atoms with E-state index in [9.17, 15) is 31.1 Å². The molecule has 0 aromatic carbocycles. The largest absolute Gasteiger partial charge is 0.574 e. The maximum Gasteiger partial charge on any atom is 0.574 e. The van der Waals surface area contributed by atoms with Crippen LogP contribution in [0.2, 0.25) is 0 Å². The molecule has 0 spiro atoms. The molecule has 1 aromatic heterocycles. The number of hydrogen-bond acceptors (Lipinski definition) is 5. The fourth-order valence-electron chi connectivity index (χ4n) is 1.37. The number of rotatable bonds is 3. The highest BCUT2D eigenvalue weighted by molar-refractivity contribution is 5.95. The Morgan fingerprint density at radius 2 is 1.71 bits per heavy atom. The van der Waals surface area contributed by atoms with Crippen molar-refractivity contribution >= 4 is 5.97 Å². The van der Waals surface area contributed by atoms with Gasteiger partial charge in [-0.1, -0.05) is 0 Å². The zero-order chi connectivity index (χ0) is 16.4. The summed E-state index contributed by atoms with van der Waals surface area (Å²) < 4.78 is 86.7. The van der Waals surface area contributed by atoms with E-state index in [1.54, 1.807) is 0 Å². The number of nitrogens with zero attached hydrogens (tertiary/aromatic N) is 1. The fourth-order valence-corrected chi connectivity index (χ4v) is 1.37. The van der Waals surface area contributed by atoms with Crippen LogP contribution in [0.1, 0.15) is 15.9 Å². The zero-order valence-corrected chi connectivity index (χ0v) is 10.4. The maximum absolute atomic E-state index is 12.8. The Morgan fingerprint density at radius 3 is 2.10 bits per heavy atom. The van der Waals surface area contributed by atoms with Gasteiger partial charge in [-0.25, -0.2) is 9.78 Å². The van der Waals surface area contributed by atoms with E-state index >= 15 is 0 Å². The molecule has 0 saturated carbocycles. The fraction of sp³-hybridized carbons (Fsp3) is 0.400. The molecule has 21 heavy (non-hydrogen) atoms. The highest BCUT2D eigenvalue weighted by Gasteiger charge is 2.41. The van der Waals surface area contributed by atoms with Crippen molar-refractivity contribution in [3.63, 3.8) is 0 Å². The first kappa shape index (κ1) is 16.9. The molecule has 11 heteroatoms. The molecule has 0 aliphatic rings. The minimum atomic E-state index is -5.23. The van der Waals surface area contributed by atoms with Crippen molar-refractivity contribution in [2.24, 2.45) is 0 Å². The minimum absolute atomic E-state index is 0.0237. The SMILES string of the molecule is COC(=O)c1c(C(F)(F)F)cnc(OC(F)(F)F)c1OC. The average Bonchev–Trinajstić information content (AvgIpc) is 2.33. The van der Waals surface area contributed by atoms with Gasteiger partial charge in [0.1, 0.15) is 5.56 Å². The van der Waals surface area contributed by atoms with Gasteiger partial charge in [-0.3, -0.25) is 0 Å². The topological polar surface area (TPSA) is 57.7 Å². The second-order valence-corrected chi connectivity index (χ2v) is 3.42. The lowest BCUT2D eigenvalue weighted by Crippen LogP contribution is -2.21. The van der Waals surface area contributed by atoms with E-state index in [0.717, 1.165) is 14.2 Å². The number of alkyl halides is 6. The van der Waals surface area contributed by atoms with Crippen molar-refractivity contribution in [3.05, 3.63) is 17.3 Å². The van der Waals surface area contributed by atoms with Crippen LogP contribution in [0.25, 0.3) is 0 Å². The highest BCUT2D eigenvalue weighted by Crippen LogP contribution is 2.41. The smallest absolute Gasteiger partial charge is 0.491 e. The molecule has 0 fully saturated rings. The molecule has 1 aromatic rings. The number of aromatic nitrogens is 1. The van der Waals surface area contributed by atoms with E-state index in [1.165, 1.54) is 0 Å². The lowest BCUT2D eigenvalue weighted by Gasteiger charge is -2.17. The monoisotopic (exact) mass is 319 g/mol. The second kappa shape index (κ2) is 5.66. The second-order valence-electron chi connectivity index (χ2n) is 3.42. The summed E-state index contributed by atoms with van der Waals surface area (Å²) in [5.41, 5.74) is -2.87. The molecule has 0 radical (unpaired) electrons. The third-order valence-corrected chi connectivity index (χ3v) is 2.11. The Hall–Kier alpha value is -2.20. The predicted octanol–water partition coefficient (Wildman–Crippen LogP) is 2.79. The Morgan fingerprint density at radius 1 is 1.14 bits per heavy atom. The summed E-state index contributed by atoms with van der Waals surface area (Å²) in [4.78, 5) is 14.3. The van der Waals surface area contributed by atoms with Crippen LogP contribution in [0.5, 0.6) is 11.6 Å². The quantitative estimate of drug-likeness (QED) is 0.633. The van der Waals surface area contributed by atoms with Crippen molar-refractivity contribution in [3.8, 4) is 11.6 Å². The molecule has 0 unspecified atom stereocenters. The van der Waals surface area contributed by atoms with Crippen LogP contribution in [0.15, 0.2) is 6.20 Å². The lowest BCUT2D eigenvalue weighted by atomic mass is 10.1. The maximum atomic E-state index is 12.8. The average molecular weight is 319 g/mol. The third kappa shape index (κ3) is 3.89. The minimum Gasteiger partial charge on any atom is -0.491 e. The number of pyridine rings is 1. The molecular formula is C10H7F6NO4. The zero-order valence-electron chi connectivity index (χ0n) is 10.4. The van der Waals surface area contributed by atoms with Gasteiger partial charge in [0, 0.05) is 6.20 Å². The van der Waals surface area contributed by atoms with Crippen molar-refractivity contribution in [2.45, 2.75) is 12.5 Å². The lowest BCUT2D eigenvalue weighted by molar-refractivity contribution is -0.276. The number of hydrogen-bond donors (Lipinski definition) is 0. The number of methoxy groups -OCH3 is 2. The molecule has 0 saturated heterocycles. The normalized spacial score (nSPS) is 12.0. The van der Waals surface area contributed by atoms with Gasteiger partial charge in [0.2, 0.25) is 0 Å². The van der Waals surface area contributed by atoms with E-state index in [4.69, 9.17) is 0 Å². The standard InChI is InChI=1S/C10H7F6NO4/c1-19-6-5(8(18)20-2)4(9(11,12)13)3-17-7(6)21-10(14,15)16/h3H,1-2H3. The van der Waals surface area contributed by atoms with E-state index < -0.39 is 41.3 Å². The van der Waals surface area contributed by atoms with E-state index in [2.05, 4.69) is 19.2 Å². The van der Waals surface area contributed by atoms with Crippen LogP contribution in [0.3, 0.4) is 0 Å². The Labute approximate surface area is 113 Å². The molecule has 0 amide bonds. The van der Waals surface area contributed by atoms with Crippen molar-refractivity contribution in [2.75, 3.05) is 14.2 Å². The number of halogens is 6. The molecule has 0 bridgehead atoms. The van der Waals surface area contributed by atoms with Gasteiger partial charge in [0.05, 0.1) is 19.8 Å². The molecule has 0 N–H and O–H groups in total. The molecule has 5 nitrogen and oxygen atoms in total. The van der Waals surface area contributed by atoms with Crippen LogP contribution in [-0.2, 0) is 10.9 Å². The Balaban J connectivity index is 3.58. The molecule has 1 rings (SSSR count). The third-order valence-electron chi connectivity index (χ3n) is 2.11. The molecule has 1 heterocycles. The van der Waals surface area contributed by atoms with Crippen molar-refractivity contribution in [1.82, 2.24) is 4.98 Å². The first-order valence-corrected chi connectivity index (χ1v) is 4.99. The van der Waals surface area contributed by atoms with Crippen LogP contribution < -0.4 is 9.47 Å². The van der Waals surface area contributed by atoms with Gasteiger partial charge in [-0.2, -0.15) is 13.2 Å². The van der Waals surface area contributed by atoms with Crippen molar-refractivity contribution in [1.29, 1.82) is 0 Å². The van der Waals surface area contributed by atoms with Crippen LogP contribution in [-0.4, -0.2) is 31.5 Å². The Kier molecular flexibility index (Phi) is 4.54. The van der Waals surface area contributed by atoms with E-state index in [1.807, 2.05) is 0 Å². The summed E-state index contributed by atoms with van der Waals surface area (Å²) in [6, 6.07) is 0. The number of carbonyl (C=O) groups is 1. The summed E-state index contributed by atoms with van der Waals surface area (Å²) in [5.74, 6) is -4.01. The van der Waals surface area contributed by atoms with Gasteiger partial charge in [-0.05, 0) is 0 Å². The number of ether oxygens (including phenoxy) is 3. The first-order valence-electron chi connectivity index (χ1n) is 4.99. The predicted molar refractivity (Wildman–Crippen MR) is 53.8 cm³/mol. The molecule has 118 valence electrons. The Bertz CT molecular complexity index is 540. The number of esters is 1. The summed E-state index contributed by atoms with van der Waals surface area (Å²) >= 11 is 0. The molecule has 0 atom stereocenters. The van der Waals surface area contributed by atoms with Crippen LogP contribution in [0.4, 0.5) is 26.3 Å². The van der Waals surface area contributed by atoms with E-state index in [-0.39, 0.29) is 6.20 Å². The van der Waals surface area contributed by atoms with Gasteiger partial charge >= 0.3 is 18.5 Å². The molecular weight excluding hydrogens is 312 g/mol. The van der Waals surface area contributed by atoms with Gasteiger partial charge in [0.15, 0.2) is 5.75 Å². The molecule has 0 aliphatic heterocycles. The summed E-state index contributed by atoms with van der Waals surface area (Å²) in [5, 5.41) is 0. The first-order chi connectivity index (χ1) is 9.51. The van der Waals surface area contributed by atoms with Gasteiger partial charge in [0.25, 0.3) is 5.88 Å². The van der Waals surface area contributed by atoms with Gasteiger partial charge < -0.3 is 14.2 Å². The van der Waals surface area contributed by atoms with Crippen LogP contribution in [0, 0.1) is 0 Å². The van der Waals surface area contributed by atoms with E-state index in [0.29, 0.717) is 0 Å². The highest BCUT2D eigenvalue weighted by atomic mass is 19.4. The summed E-state index contributed by atoms with van der Waals surface area (Å²) in [6.07, 6.45) is -10.3. The summed E-state index contributed by atoms with van der Waals surface area (Å²) in [7, 11) is 1.51. The van der Waals surface area contributed by atoms with Crippen molar-refractivity contribution < 1.29 is 45.3 Å². The van der Waals surface area contributed by atoms with Gasteiger partial charge in [-0.15, -0.1) is 13.2 Å². The summed E-state index contributed by atoms with van der Waals surface area (Å²) in [6.45, 7) is 0.